The molecule has 7 heteroatoms. The Bertz CT molecular complexity index is 1050. The first-order valence-electron chi connectivity index (χ1n) is 9.72. The molecule has 0 spiro atoms. The van der Waals surface area contributed by atoms with Gasteiger partial charge in [-0.05, 0) is 37.6 Å². The van der Waals surface area contributed by atoms with Gasteiger partial charge < -0.3 is 20.1 Å². The highest BCUT2D eigenvalue weighted by Gasteiger charge is 2.18. The third-order valence-corrected chi connectivity index (χ3v) is 5.14. The Balaban J connectivity index is 1.72. The summed E-state index contributed by atoms with van der Waals surface area (Å²) in [5.74, 6) is -0.118. The van der Waals surface area contributed by atoms with Crippen LogP contribution in [0, 0.1) is 6.92 Å². The van der Waals surface area contributed by atoms with Gasteiger partial charge in [0.25, 0.3) is 0 Å². The predicted molar refractivity (Wildman–Crippen MR) is 113 cm³/mol. The number of nitrogens with zero attached hydrogens (tertiary/aromatic N) is 3. The largest absolute Gasteiger partial charge is 0.478 e. The number of fused-ring (bicyclic) bond motifs is 1. The minimum Gasteiger partial charge on any atom is -0.478 e. The Morgan fingerprint density at radius 3 is 2.76 bits per heavy atom. The van der Waals surface area contributed by atoms with Crippen molar-refractivity contribution in [1.29, 1.82) is 0 Å². The fourth-order valence-corrected chi connectivity index (χ4v) is 3.66. The highest BCUT2D eigenvalue weighted by molar-refractivity contribution is 5.94. The first-order chi connectivity index (χ1) is 14.0. The van der Waals surface area contributed by atoms with Crippen LogP contribution in [0.15, 0.2) is 42.6 Å². The number of nitrogens with one attached hydrogen (secondary N) is 1. The molecule has 7 nitrogen and oxygen atoms in total. The number of hydrogen-bond donors (Lipinski definition) is 2. The first kappa shape index (κ1) is 19.1. The maximum atomic E-state index is 11.5. The van der Waals surface area contributed by atoms with E-state index in [0.717, 1.165) is 41.1 Å². The second kappa shape index (κ2) is 8.05. The molecule has 0 radical (unpaired) electrons. The van der Waals surface area contributed by atoms with E-state index in [9.17, 15) is 9.90 Å². The zero-order valence-electron chi connectivity index (χ0n) is 16.6. The molecule has 2 N–H and O–H groups in total. The van der Waals surface area contributed by atoms with Gasteiger partial charge in [0.15, 0.2) is 0 Å². The summed E-state index contributed by atoms with van der Waals surface area (Å²) >= 11 is 0. The summed E-state index contributed by atoms with van der Waals surface area (Å²) in [6.07, 6.45) is 1.81. The number of para-hydroxylation sites is 1. The average Bonchev–Trinajstić information content (AvgIpc) is 2.73. The molecule has 2 aromatic carbocycles. The molecule has 1 fully saturated rings. The SMILES string of the molecule is Cc1cc([C@@H](C)Nc2ccccc2C(=O)O)c2nc(N3CCOCC3)cnc2c1. The molecule has 1 aliphatic heterocycles. The zero-order valence-corrected chi connectivity index (χ0v) is 16.6. The lowest BCUT2D eigenvalue weighted by Gasteiger charge is -2.28. The molecule has 1 aromatic heterocycles. The van der Waals surface area contributed by atoms with Crippen molar-refractivity contribution in [2.24, 2.45) is 0 Å². The molecule has 1 aliphatic rings. The molecule has 0 aliphatic carbocycles. The van der Waals surface area contributed by atoms with Crippen LogP contribution in [0.1, 0.15) is 34.5 Å². The molecule has 1 saturated heterocycles. The molecule has 3 aromatic rings. The summed E-state index contributed by atoms with van der Waals surface area (Å²) in [5, 5.41) is 12.8. The molecular formula is C22H24N4O3. The topological polar surface area (TPSA) is 87.6 Å². The Hall–Kier alpha value is -3.19. The number of aryl methyl sites for hydroxylation is 1. The summed E-state index contributed by atoms with van der Waals surface area (Å²) < 4.78 is 5.44. The van der Waals surface area contributed by atoms with Gasteiger partial charge in [-0.1, -0.05) is 18.2 Å². The summed E-state index contributed by atoms with van der Waals surface area (Å²) in [5.41, 5.74) is 4.56. The van der Waals surface area contributed by atoms with Gasteiger partial charge in [0.2, 0.25) is 0 Å². The molecule has 29 heavy (non-hydrogen) atoms. The van der Waals surface area contributed by atoms with Crippen molar-refractivity contribution in [3.05, 3.63) is 59.3 Å². The minimum atomic E-state index is -0.955. The summed E-state index contributed by atoms with van der Waals surface area (Å²) in [7, 11) is 0. The number of carbonyl (C=O) groups is 1. The van der Waals surface area contributed by atoms with Gasteiger partial charge in [0, 0.05) is 24.3 Å². The van der Waals surface area contributed by atoms with E-state index in [1.807, 2.05) is 32.2 Å². The smallest absolute Gasteiger partial charge is 0.337 e. The van der Waals surface area contributed by atoms with Gasteiger partial charge >= 0.3 is 5.97 Å². The van der Waals surface area contributed by atoms with Crippen LogP contribution in [0.3, 0.4) is 0 Å². The van der Waals surface area contributed by atoms with E-state index in [4.69, 9.17) is 9.72 Å². The molecule has 4 rings (SSSR count). The van der Waals surface area contributed by atoms with Gasteiger partial charge in [-0.2, -0.15) is 0 Å². The quantitative estimate of drug-likeness (QED) is 0.685. The van der Waals surface area contributed by atoms with Crippen molar-refractivity contribution < 1.29 is 14.6 Å². The Labute approximate surface area is 169 Å². The number of anilines is 2. The lowest BCUT2D eigenvalue weighted by molar-refractivity contribution is 0.0698. The minimum absolute atomic E-state index is 0.146. The van der Waals surface area contributed by atoms with Crippen molar-refractivity contribution in [2.75, 3.05) is 36.5 Å². The Morgan fingerprint density at radius 2 is 2.00 bits per heavy atom. The van der Waals surface area contributed by atoms with Crippen LogP contribution >= 0.6 is 0 Å². The van der Waals surface area contributed by atoms with E-state index >= 15 is 0 Å². The second-order valence-electron chi connectivity index (χ2n) is 7.27. The lowest BCUT2D eigenvalue weighted by Crippen LogP contribution is -2.36. The fraction of sp³-hybridized carbons (Fsp3) is 0.318. The van der Waals surface area contributed by atoms with E-state index in [0.29, 0.717) is 18.9 Å². The second-order valence-corrected chi connectivity index (χ2v) is 7.27. The number of aromatic carboxylic acids is 1. The fourth-order valence-electron chi connectivity index (χ4n) is 3.66. The van der Waals surface area contributed by atoms with Crippen LogP contribution in [-0.2, 0) is 4.74 Å². The van der Waals surface area contributed by atoms with Crippen molar-refractivity contribution in [3.63, 3.8) is 0 Å². The zero-order chi connectivity index (χ0) is 20.4. The third kappa shape index (κ3) is 4.00. The van der Waals surface area contributed by atoms with Crippen molar-refractivity contribution in [2.45, 2.75) is 19.9 Å². The summed E-state index contributed by atoms with van der Waals surface area (Å²) in [6.45, 7) is 6.99. The summed E-state index contributed by atoms with van der Waals surface area (Å²) in [4.78, 5) is 23.3. The molecule has 1 atom stereocenters. The number of benzene rings is 2. The number of hydrogen-bond acceptors (Lipinski definition) is 6. The van der Waals surface area contributed by atoms with Gasteiger partial charge in [-0.3, -0.25) is 4.98 Å². The monoisotopic (exact) mass is 392 g/mol. The van der Waals surface area contributed by atoms with Crippen LogP contribution in [0.4, 0.5) is 11.5 Å². The first-order valence-corrected chi connectivity index (χ1v) is 9.72. The third-order valence-electron chi connectivity index (χ3n) is 5.14. The van der Waals surface area contributed by atoms with E-state index in [-0.39, 0.29) is 11.6 Å². The van der Waals surface area contributed by atoms with E-state index in [2.05, 4.69) is 21.3 Å². The normalized spacial score (nSPS) is 15.3. The predicted octanol–water partition coefficient (Wildman–Crippen LogP) is 3.65. The number of morpholine rings is 1. The van der Waals surface area contributed by atoms with E-state index < -0.39 is 5.97 Å². The van der Waals surface area contributed by atoms with Crippen molar-refractivity contribution in [1.82, 2.24) is 9.97 Å². The molecule has 0 bridgehead atoms. The number of carboxylic acid groups (broad SMARTS) is 1. The Morgan fingerprint density at radius 1 is 1.24 bits per heavy atom. The van der Waals surface area contributed by atoms with E-state index in [1.54, 1.807) is 18.2 Å². The molecule has 0 unspecified atom stereocenters. The maximum Gasteiger partial charge on any atom is 0.337 e. The number of carboxylic acids is 1. The van der Waals surface area contributed by atoms with Crippen molar-refractivity contribution >= 4 is 28.5 Å². The van der Waals surface area contributed by atoms with E-state index in [1.165, 1.54) is 0 Å². The summed E-state index contributed by atoms with van der Waals surface area (Å²) in [6, 6.07) is 10.9. The molecule has 150 valence electrons. The van der Waals surface area contributed by atoms with Crippen LogP contribution in [0.2, 0.25) is 0 Å². The molecule has 0 amide bonds. The van der Waals surface area contributed by atoms with Crippen LogP contribution < -0.4 is 10.2 Å². The van der Waals surface area contributed by atoms with Crippen LogP contribution in [-0.4, -0.2) is 47.3 Å². The van der Waals surface area contributed by atoms with Gasteiger partial charge in [0.05, 0.1) is 42.0 Å². The molecule has 2 heterocycles. The van der Waals surface area contributed by atoms with Gasteiger partial charge in [-0.15, -0.1) is 0 Å². The van der Waals surface area contributed by atoms with Gasteiger partial charge in [-0.25, -0.2) is 9.78 Å². The van der Waals surface area contributed by atoms with Crippen molar-refractivity contribution in [3.8, 4) is 0 Å². The number of rotatable bonds is 5. The van der Waals surface area contributed by atoms with Crippen LogP contribution in [0.25, 0.3) is 11.0 Å². The standard InChI is InChI=1S/C22H24N4O3/c1-14-11-17(15(2)24-18-6-4-3-5-16(18)22(27)28)21-19(12-14)23-13-20(25-21)26-7-9-29-10-8-26/h3-6,11-13,15,24H,7-10H2,1-2H3,(H,27,28)/t15-/m1/s1. The molecular weight excluding hydrogens is 368 g/mol. The molecule has 0 saturated carbocycles. The number of aromatic nitrogens is 2. The number of ether oxygens (including phenoxy) is 1. The van der Waals surface area contributed by atoms with Gasteiger partial charge in [0.1, 0.15) is 5.82 Å². The lowest BCUT2D eigenvalue weighted by atomic mass is 10.0. The highest BCUT2D eigenvalue weighted by atomic mass is 16.5. The average molecular weight is 392 g/mol. The van der Waals surface area contributed by atoms with Crippen LogP contribution in [0.5, 0.6) is 0 Å². The highest BCUT2D eigenvalue weighted by Crippen LogP contribution is 2.29. The maximum absolute atomic E-state index is 11.5. The Kier molecular flexibility index (Phi) is 5.31.